The normalized spacial score (nSPS) is 18.1. The van der Waals surface area contributed by atoms with E-state index in [2.05, 4.69) is 10.2 Å². The summed E-state index contributed by atoms with van der Waals surface area (Å²) in [6.07, 6.45) is 7.11. The predicted molar refractivity (Wildman–Crippen MR) is 224 cm³/mol. The minimum Gasteiger partial charge on any atom is -0.394 e. The van der Waals surface area contributed by atoms with E-state index in [1.807, 2.05) is 48.5 Å². The summed E-state index contributed by atoms with van der Waals surface area (Å²) in [5.74, 6) is -1.60. The van der Waals surface area contributed by atoms with E-state index in [-0.39, 0.29) is 48.2 Å². The maximum absolute atomic E-state index is 14.7. The molecule has 0 saturated heterocycles. The second kappa shape index (κ2) is 15.1. The van der Waals surface area contributed by atoms with Gasteiger partial charge in [0, 0.05) is 35.2 Å². The summed E-state index contributed by atoms with van der Waals surface area (Å²) in [4.78, 5) is 58.6. The van der Waals surface area contributed by atoms with Gasteiger partial charge in [-0.25, -0.2) is 0 Å². The average Bonchev–Trinajstić information content (AvgIpc) is 3.48. The molecule has 0 spiro atoms. The van der Waals surface area contributed by atoms with Crippen molar-refractivity contribution >= 4 is 39.0 Å². The van der Waals surface area contributed by atoms with Gasteiger partial charge in [-0.15, -0.1) is 0 Å². The van der Waals surface area contributed by atoms with Crippen LogP contribution in [-0.4, -0.2) is 59.1 Å². The van der Waals surface area contributed by atoms with Crippen molar-refractivity contribution in [3.8, 4) is 11.4 Å². The molecule has 0 fully saturated rings. The van der Waals surface area contributed by atoms with Gasteiger partial charge in [-0.05, 0) is 65.6 Å². The number of carbonyl (C=O) groups is 2. The Kier molecular flexibility index (Phi) is 9.58. The highest BCUT2D eigenvalue weighted by Gasteiger charge is 2.52. The summed E-state index contributed by atoms with van der Waals surface area (Å²) in [6, 6.07) is 34.1. The molecule has 0 unspecified atom stereocenters. The summed E-state index contributed by atoms with van der Waals surface area (Å²) < 4.78 is 2.57. The van der Waals surface area contributed by atoms with Crippen molar-refractivity contribution in [3.05, 3.63) is 183 Å². The average molecular weight is 785 g/mol. The highest BCUT2D eigenvalue weighted by atomic mass is 16.3. The van der Waals surface area contributed by atoms with Gasteiger partial charge in [-0.3, -0.25) is 19.2 Å². The first kappa shape index (κ1) is 37.6. The van der Waals surface area contributed by atoms with Gasteiger partial charge < -0.3 is 20.0 Å². The van der Waals surface area contributed by atoms with Gasteiger partial charge in [-0.2, -0.15) is 19.6 Å². The Morgan fingerprint density at radius 2 is 1.42 bits per heavy atom. The third-order valence-electron chi connectivity index (χ3n) is 11.6. The van der Waals surface area contributed by atoms with Crippen molar-refractivity contribution in [2.75, 3.05) is 11.5 Å². The Bertz CT molecular complexity index is 2960. The molecular weight excluding hydrogens is 745 g/mol. The lowest BCUT2D eigenvalue weighted by atomic mass is 9.82. The van der Waals surface area contributed by atoms with Crippen LogP contribution in [0.25, 0.3) is 32.9 Å². The van der Waals surface area contributed by atoms with Crippen LogP contribution in [0.1, 0.15) is 35.6 Å². The fraction of sp³-hybridized carbons (Fsp3) is 0.191. The zero-order chi connectivity index (χ0) is 40.8. The fourth-order valence-corrected chi connectivity index (χ4v) is 8.41. The van der Waals surface area contributed by atoms with Crippen molar-refractivity contribution in [2.45, 2.75) is 44.5 Å². The second-order valence-corrected chi connectivity index (χ2v) is 15.2. The molecular formula is C47H40N6O6. The topological polar surface area (TPSA) is 151 Å². The van der Waals surface area contributed by atoms with E-state index in [0.29, 0.717) is 51.7 Å². The van der Waals surface area contributed by atoms with Crippen LogP contribution in [0.4, 0.5) is 5.69 Å². The first-order valence-electron chi connectivity index (χ1n) is 19.5. The lowest BCUT2D eigenvalue weighted by molar-refractivity contribution is -0.139. The Balaban J connectivity index is 1.05. The molecule has 0 radical (unpaired) electrons. The number of fused-ring (bicyclic) bond motifs is 4. The van der Waals surface area contributed by atoms with Crippen LogP contribution in [0, 0.1) is 5.92 Å². The molecule has 2 amide bonds. The molecule has 2 aromatic heterocycles. The van der Waals surface area contributed by atoms with E-state index >= 15 is 0 Å². The molecule has 4 heterocycles. The molecule has 0 saturated carbocycles. The molecule has 7 aromatic rings. The van der Waals surface area contributed by atoms with E-state index in [0.717, 1.165) is 16.5 Å². The maximum Gasteiger partial charge on any atom is 0.279 e. The number of aromatic nitrogens is 4. The molecule has 2 N–H and O–H groups in total. The standard InChI is InChI=1S/C47H40N6O6/c1-30(10-8-19-43(55)50-28-35-15-3-2-12-32(35)23-38(50)29-54)47(59)41-24-37(53-45(57)40-18-7-5-14-34(40)26-49-53)20-21-42(41)51(46(47)58)27-31-11-9-16-36(22-31)52-44(56)39-17-6-4-13-33(39)25-48-52/h2-18,20-22,24-26,30,38,54,59H,19,23,27-29H2,1H3/b10-8+/t30-,38+,47+/m1/s1. The minimum atomic E-state index is -2.10. The van der Waals surface area contributed by atoms with E-state index in [1.54, 1.807) is 103 Å². The van der Waals surface area contributed by atoms with Crippen molar-refractivity contribution in [2.24, 2.45) is 5.92 Å². The van der Waals surface area contributed by atoms with Gasteiger partial charge in [0.25, 0.3) is 17.0 Å². The van der Waals surface area contributed by atoms with Crippen LogP contribution >= 0.6 is 0 Å². The molecule has 59 heavy (non-hydrogen) atoms. The first-order chi connectivity index (χ1) is 28.6. The molecule has 0 aliphatic carbocycles. The summed E-state index contributed by atoms with van der Waals surface area (Å²) in [6.45, 7) is 1.97. The SMILES string of the molecule is C[C@H](/C=C/CC(=O)N1Cc2ccccc2C[C@H]1CO)[C@@]1(O)C(=O)N(Cc2cccc(-n3ncc4ccccc4c3=O)c2)c2ccc(-n3ncc4ccccc4c3=O)cc21. The molecule has 0 bridgehead atoms. The lowest BCUT2D eigenvalue weighted by Gasteiger charge is -2.36. The number of aliphatic hydroxyl groups excluding tert-OH is 1. The Hall–Kier alpha value is -7.02. The van der Waals surface area contributed by atoms with Crippen LogP contribution in [0.15, 0.2) is 149 Å². The van der Waals surface area contributed by atoms with E-state index < -0.39 is 17.4 Å². The van der Waals surface area contributed by atoms with Crippen LogP contribution < -0.4 is 16.0 Å². The Morgan fingerprint density at radius 3 is 2.10 bits per heavy atom. The highest BCUT2D eigenvalue weighted by molar-refractivity contribution is 6.07. The lowest BCUT2D eigenvalue weighted by Crippen LogP contribution is -2.46. The molecule has 9 rings (SSSR count). The summed E-state index contributed by atoms with van der Waals surface area (Å²) in [5, 5.41) is 34.1. The Labute approximate surface area is 338 Å². The number of benzene rings is 5. The van der Waals surface area contributed by atoms with Crippen LogP contribution in [0.3, 0.4) is 0 Å². The van der Waals surface area contributed by atoms with Crippen molar-refractivity contribution in [1.82, 2.24) is 24.5 Å². The van der Waals surface area contributed by atoms with Gasteiger partial charge >= 0.3 is 0 Å². The van der Waals surface area contributed by atoms with Gasteiger partial charge in [0.05, 0.1) is 59.4 Å². The number of carbonyl (C=O) groups excluding carboxylic acids is 2. The van der Waals surface area contributed by atoms with E-state index in [1.165, 1.54) is 14.3 Å². The highest BCUT2D eigenvalue weighted by Crippen LogP contribution is 2.46. The second-order valence-electron chi connectivity index (χ2n) is 15.2. The predicted octanol–water partition coefficient (Wildman–Crippen LogP) is 5.35. The molecule has 2 aliphatic rings. The number of aliphatic hydroxyl groups is 2. The zero-order valence-corrected chi connectivity index (χ0v) is 32.2. The smallest absolute Gasteiger partial charge is 0.279 e. The number of rotatable bonds is 9. The zero-order valence-electron chi connectivity index (χ0n) is 32.2. The first-order valence-corrected chi connectivity index (χ1v) is 19.5. The number of hydrogen-bond donors (Lipinski definition) is 2. The Morgan fingerprint density at radius 1 is 0.797 bits per heavy atom. The third kappa shape index (κ3) is 6.52. The quantitative estimate of drug-likeness (QED) is 0.186. The summed E-state index contributed by atoms with van der Waals surface area (Å²) >= 11 is 0. The van der Waals surface area contributed by atoms with Gasteiger partial charge in [-0.1, -0.05) is 91.9 Å². The largest absolute Gasteiger partial charge is 0.394 e. The number of anilines is 1. The van der Waals surface area contributed by atoms with Crippen molar-refractivity contribution < 1.29 is 19.8 Å². The molecule has 3 atom stereocenters. The van der Waals surface area contributed by atoms with Crippen LogP contribution in [0.2, 0.25) is 0 Å². The number of hydrogen-bond acceptors (Lipinski definition) is 8. The molecule has 5 aromatic carbocycles. The molecule has 294 valence electrons. The molecule has 12 heteroatoms. The molecule has 2 aliphatic heterocycles. The minimum absolute atomic E-state index is 0.00470. The van der Waals surface area contributed by atoms with Crippen LogP contribution in [0.5, 0.6) is 0 Å². The van der Waals surface area contributed by atoms with Crippen LogP contribution in [-0.2, 0) is 34.7 Å². The van der Waals surface area contributed by atoms with Gasteiger partial charge in [0.2, 0.25) is 5.91 Å². The third-order valence-corrected chi connectivity index (χ3v) is 11.6. The van der Waals surface area contributed by atoms with E-state index in [4.69, 9.17) is 0 Å². The summed E-state index contributed by atoms with van der Waals surface area (Å²) in [5.41, 5.74) is 1.69. The van der Waals surface area contributed by atoms with E-state index in [9.17, 15) is 29.4 Å². The monoisotopic (exact) mass is 784 g/mol. The number of amides is 2. The summed E-state index contributed by atoms with van der Waals surface area (Å²) in [7, 11) is 0. The van der Waals surface area contributed by atoms with Crippen molar-refractivity contribution in [1.29, 1.82) is 0 Å². The number of nitrogens with zero attached hydrogens (tertiary/aromatic N) is 6. The maximum atomic E-state index is 14.7. The molecule has 12 nitrogen and oxygen atoms in total. The van der Waals surface area contributed by atoms with Gasteiger partial charge in [0.1, 0.15) is 0 Å². The van der Waals surface area contributed by atoms with Gasteiger partial charge in [0.15, 0.2) is 5.60 Å². The fourth-order valence-electron chi connectivity index (χ4n) is 8.41. The van der Waals surface area contributed by atoms with Crippen molar-refractivity contribution in [3.63, 3.8) is 0 Å².